The van der Waals surface area contributed by atoms with Crippen molar-refractivity contribution in [2.45, 2.75) is 18.9 Å². The molecule has 1 N–H and O–H groups in total. The highest BCUT2D eigenvalue weighted by molar-refractivity contribution is 5.70. The molecule has 0 spiro atoms. The number of hydrogen-bond acceptors (Lipinski definition) is 4. The topological polar surface area (TPSA) is 62.7 Å². The van der Waals surface area contributed by atoms with E-state index < -0.39 is 5.97 Å². The highest BCUT2D eigenvalue weighted by Gasteiger charge is 2.31. The molecule has 1 aliphatic heterocycles. The first-order valence-electron chi connectivity index (χ1n) is 8.21. The number of hydrogen-bond donors (Lipinski definition) is 1. The normalized spacial score (nSPS) is 19.6. The molecule has 0 bridgehead atoms. The minimum Gasteiger partial charge on any atom is -0.497 e. The Bertz CT molecular complexity index is 673. The predicted molar refractivity (Wildman–Crippen MR) is 91.0 cm³/mol. The van der Waals surface area contributed by atoms with Gasteiger partial charge in [-0.05, 0) is 49.2 Å². The van der Waals surface area contributed by atoms with E-state index in [1.54, 1.807) is 13.3 Å². The lowest BCUT2D eigenvalue weighted by atomic mass is 9.93. The van der Waals surface area contributed by atoms with Crippen molar-refractivity contribution in [1.29, 1.82) is 0 Å². The van der Waals surface area contributed by atoms with Gasteiger partial charge in [0, 0.05) is 12.7 Å². The molecule has 2 aromatic rings. The lowest BCUT2D eigenvalue weighted by Gasteiger charge is -2.37. The zero-order chi connectivity index (χ0) is 16.9. The fourth-order valence-electron chi connectivity index (χ4n) is 3.34. The Morgan fingerprint density at radius 3 is 2.71 bits per heavy atom. The van der Waals surface area contributed by atoms with Gasteiger partial charge in [0.25, 0.3) is 0 Å². The average molecular weight is 326 g/mol. The largest absolute Gasteiger partial charge is 0.497 e. The van der Waals surface area contributed by atoms with Crippen molar-refractivity contribution in [2.75, 3.05) is 20.2 Å². The van der Waals surface area contributed by atoms with Gasteiger partial charge in [0.05, 0.1) is 24.8 Å². The second kappa shape index (κ2) is 7.45. The second-order valence-electron chi connectivity index (χ2n) is 6.10. The Kier molecular flexibility index (Phi) is 5.11. The van der Waals surface area contributed by atoms with Crippen molar-refractivity contribution < 1.29 is 14.6 Å². The summed E-state index contributed by atoms with van der Waals surface area (Å²) in [6, 6.07) is 13.7. The number of carboxylic acids is 1. The number of likely N-dealkylation sites (tertiary alicyclic amines) is 1. The van der Waals surface area contributed by atoms with E-state index in [9.17, 15) is 9.90 Å². The van der Waals surface area contributed by atoms with Crippen molar-refractivity contribution in [3.8, 4) is 5.75 Å². The Hall–Kier alpha value is -2.40. The van der Waals surface area contributed by atoms with Gasteiger partial charge in [-0.25, -0.2) is 0 Å². The zero-order valence-corrected chi connectivity index (χ0v) is 13.8. The van der Waals surface area contributed by atoms with Crippen molar-refractivity contribution in [3.05, 3.63) is 59.9 Å². The molecule has 5 nitrogen and oxygen atoms in total. The van der Waals surface area contributed by atoms with Gasteiger partial charge >= 0.3 is 5.97 Å². The zero-order valence-electron chi connectivity index (χ0n) is 13.8. The van der Waals surface area contributed by atoms with Gasteiger partial charge in [-0.15, -0.1) is 0 Å². The fraction of sp³-hybridized carbons (Fsp3) is 0.368. The first-order valence-corrected chi connectivity index (χ1v) is 8.21. The smallest absolute Gasteiger partial charge is 0.307 e. The van der Waals surface area contributed by atoms with Gasteiger partial charge in [0.1, 0.15) is 5.75 Å². The SMILES string of the molecule is COc1ccc(C(c2ccccn2)N2CCCC(C(=O)O)C2)cc1. The molecule has 0 radical (unpaired) electrons. The minimum atomic E-state index is -0.714. The predicted octanol–water partition coefficient (Wildman–Crippen LogP) is 2.98. The third kappa shape index (κ3) is 3.57. The van der Waals surface area contributed by atoms with E-state index in [0.717, 1.165) is 36.4 Å². The molecule has 3 rings (SSSR count). The van der Waals surface area contributed by atoms with Crippen LogP contribution in [0.2, 0.25) is 0 Å². The van der Waals surface area contributed by atoms with Gasteiger partial charge in [0.15, 0.2) is 0 Å². The fourth-order valence-corrected chi connectivity index (χ4v) is 3.34. The minimum absolute atomic E-state index is 0.0424. The van der Waals surface area contributed by atoms with Crippen LogP contribution in [-0.2, 0) is 4.79 Å². The molecule has 2 unspecified atom stereocenters. The van der Waals surface area contributed by atoms with E-state index >= 15 is 0 Å². The summed E-state index contributed by atoms with van der Waals surface area (Å²) >= 11 is 0. The molecule has 0 aliphatic carbocycles. The number of methoxy groups -OCH3 is 1. The number of benzene rings is 1. The van der Waals surface area contributed by atoms with Crippen LogP contribution in [0.25, 0.3) is 0 Å². The van der Waals surface area contributed by atoms with Crippen LogP contribution in [0.3, 0.4) is 0 Å². The summed E-state index contributed by atoms with van der Waals surface area (Å²) in [5.41, 5.74) is 2.04. The highest BCUT2D eigenvalue weighted by Crippen LogP contribution is 2.32. The van der Waals surface area contributed by atoms with Crippen molar-refractivity contribution >= 4 is 5.97 Å². The third-order valence-corrected chi connectivity index (χ3v) is 4.57. The Labute approximate surface area is 141 Å². The molecule has 1 saturated heterocycles. The summed E-state index contributed by atoms with van der Waals surface area (Å²) in [4.78, 5) is 18.2. The number of rotatable bonds is 5. The molecule has 126 valence electrons. The quantitative estimate of drug-likeness (QED) is 0.915. The summed E-state index contributed by atoms with van der Waals surface area (Å²) in [5, 5.41) is 9.39. The average Bonchev–Trinajstić information content (AvgIpc) is 2.64. The first-order chi connectivity index (χ1) is 11.7. The Morgan fingerprint density at radius 2 is 2.08 bits per heavy atom. The third-order valence-electron chi connectivity index (χ3n) is 4.57. The first kappa shape index (κ1) is 16.5. The summed E-state index contributed by atoms with van der Waals surface area (Å²) in [6.07, 6.45) is 3.41. The van der Waals surface area contributed by atoms with E-state index in [0.29, 0.717) is 6.54 Å². The van der Waals surface area contributed by atoms with E-state index in [1.165, 1.54) is 0 Å². The van der Waals surface area contributed by atoms with E-state index in [4.69, 9.17) is 4.74 Å². The second-order valence-corrected chi connectivity index (χ2v) is 6.10. The van der Waals surface area contributed by atoms with E-state index in [-0.39, 0.29) is 12.0 Å². The Morgan fingerprint density at radius 1 is 1.29 bits per heavy atom. The monoisotopic (exact) mass is 326 g/mol. The number of ether oxygens (including phenoxy) is 1. The molecule has 1 aromatic heterocycles. The molecular weight excluding hydrogens is 304 g/mol. The standard InChI is InChI=1S/C19H22N2O3/c1-24-16-9-7-14(8-10-16)18(17-6-2-3-11-20-17)21-12-4-5-15(13-21)19(22)23/h2-3,6-11,15,18H,4-5,12-13H2,1H3,(H,22,23). The summed E-state index contributed by atoms with van der Waals surface area (Å²) in [6.45, 7) is 1.42. The van der Waals surface area contributed by atoms with Crippen LogP contribution in [-0.4, -0.2) is 41.2 Å². The number of aliphatic carboxylic acids is 1. The van der Waals surface area contributed by atoms with Gasteiger partial charge in [-0.3, -0.25) is 14.7 Å². The molecule has 0 amide bonds. The molecule has 1 fully saturated rings. The molecular formula is C19H22N2O3. The van der Waals surface area contributed by atoms with Crippen molar-refractivity contribution in [1.82, 2.24) is 9.88 Å². The molecule has 1 aliphatic rings. The number of pyridine rings is 1. The number of carboxylic acid groups (broad SMARTS) is 1. The van der Waals surface area contributed by atoms with Gasteiger partial charge in [-0.2, -0.15) is 0 Å². The molecule has 1 aromatic carbocycles. The maximum atomic E-state index is 11.4. The summed E-state index contributed by atoms with van der Waals surface area (Å²) < 4.78 is 5.24. The van der Waals surface area contributed by atoms with E-state index in [1.807, 2.05) is 42.5 Å². The molecule has 2 atom stereocenters. The Balaban J connectivity index is 1.94. The molecule has 24 heavy (non-hydrogen) atoms. The highest BCUT2D eigenvalue weighted by atomic mass is 16.5. The van der Waals surface area contributed by atoms with Crippen LogP contribution >= 0.6 is 0 Å². The lowest BCUT2D eigenvalue weighted by Crippen LogP contribution is -2.41. The van der Waals surface area contributed by atoms with Gasteiger partial charge in [-0.1, -0.05) is 18.2 Å². The van der Waals surface area contributed by atoms with Crippen LogP contribution in [0, 0.1) is 5.92 Å². The summed E-state index contributed by atoms with van der Waals surface area (Å²) in [5.74, 6) is -0.224. The number of aromatic nitrogens is 1. The summed E-state index contributed by atoms with van der Waals surface area (Å²) in [7, 11) is 1.65. The number of carbonyl (C=O) groups is 1. The number of nitrogens with zero attached hydrogens (tertiary/aromatic N) is 2. The molecule has 2 heterocycles. The number of piperidine rings is 1. The van der Waals surface area contributed by atoms with Crippen LogP contribution in [0.15, 0.2) is 48.7 Å². The van der Waals surface area contributed by atoms with Crippen LogP contribution in [0.4, 0.5) is 0 Å². The maximum Gasteiger partial charge on any atom is 0.307 e. The van der Waals surface area contributed by atoms with Gasteiger partial charge in [0.2, 0.25) is 0 Å². The van der Waals surface area contributed by atoms with Crippen LogP contribution in [0.1, 0.15) is 30.1 Å². The van der Waals surface area contributed by atoms with Crippen molar-refractivity contribution in [3.63, 3.8) is 0 Å². The maximum absolute atomic E-state index is 11.4. The van der Waals surface area contributed by atoms with Crippen molar-refractivity contribution in [2.24, 2.45) is 5.92 Å². The van der Waals surface area contributed by atoms with E-state index in [2.05, 4.69) is 9.88 Å². The van der Waals surface area contributed by atoms with Gasteiger partial charge < -0.3 is 9.84 Å². The lowest BCUT2D eigenvalue weighted by molar-refractivity contribution is -0.143. The molecule has 5 heteroatoms. The van der Waals surface area contributed by atoms with Crippen LogP contribution < -0.4 is 4.74 Å². The van der Waals surface area contributed by atoms with Crippen LogP contribution in [0.5, 0.6) is 5.75 Å². The molecule has 0 saturated carbocycles.